The summed E-state index contributed by atoms with van der Waals surface area (Å²) in [6.07, 6.45) is 1.56. The van der Waals surface area contributed by atoms with Crippen molar-refractivity contribution in [1.29, 1.82) is 0 Å². The van der Waals surface area contributed by atoms with E-state index in [9.17, 15) is 9.18 Å². The predicted octanol–water partition coefficient (Wildman–Crippen LogP) is 2.71. The summed E-state index contributed by atoms with van der Waals surface area (Å²) in [4.78, 5) is 22.5. The number of nitrogens with one attached hydrogen (secondary N) is 1. The smallest absolute Gasteiger partial charge is 0.274 e. The van der Waals surface area contributed by atoms with E-state index in [0.717, 1.165) is 13.1 Å². The molecule has 6 heteroatoms. The molecule has 1 aromatic heterocycles. The molecule has 0 saturated carbocycles. The van der Waals surface area contributed by atoms with Gasteiger partial charge in [0.1, 0.15) is 11.5 Å². The minimum atomic E-state index is -0.350. The quantitative estimate of drug-likeness (QED) is 0.919. The molecule has 0 aliphatic rings. The molecule has 2 rings (SSSR count). The highest BCUT2D eigenvalue weighted by Gasteiger charge is 2.11. The van der Waals surface area contributed by atoms with E-state index in [2.05, 4.69) is 15.3 Å². The Labute approximate surface area is 122 Å². The first-order valence-corrected chi connectivity index (χ1v) is 6.79. The standard InChI is InChI=1S/C15H17FN4O/c1-3-20(4-2)15-17-10-9-13(19-15)14(21)18-12-7-5-11(16)6-8-12/h5-10H,3-4H2,1-2H3,(H,18,21). The summed E-state index contributed by atoms with van der Waals surface area (Å²) in [5.41, 5.74) is 0.792. The van der Waals surface area contributed by atoms with Crippen LogP contribution in [0.25, 0.3) is 0 Å². The Morgan fingerprint density at radius 3 is 2.48 bits per heavy atom. The minimum Gasteiger partial charge on any atom is -0.341 e. The summed E-state index contributed by atoms with van der Waals surface area (Å²) < 4.78 is 12.8. The molecule has 21 heavy (non-hydrogen) atoms. The summed E-state index contributed by atoms with van der Waals surface area (Å²) in [6, 6.07) is 7.12. The molecule has 0 saturated heterocycles. The zero-order chi connectivity index (χ0) is 15.2. The third-order valence-corrected chi connectivity index (χ3v) is 3.02. The van der Waals surface area contributed by atoms with Crippen LogP contribution < -0.4 is 10.2 Å². The topological polar surface area (TPSA) is 58.1 Å². The van der Waals surface area contributed by atoms with Crippen molar-refractivity contribution in [2.75, 3.05) is 23.3 Å². The van der Waals surface area contributed by atoms with E-state index < -0.39 is 0 Å². The average molecular weight is 288 g/mol. The van der Waals surface area contributed by atoms with Gasteiger partial charge in [-0.1, -0.05) is 0 Å². The van der Waals surface area contributed by atoms with Crippen LogP contribution in [-0.4, -0.2) is 29.0 Å². The second-order valence-corrected chi connectivity index (χ2v) is 4.38. The van der Waals surface area contributed by atoms with Crippen LogP contribution in [0.15, 0.2) is 36.5 Å². The summed E-state index contributed by atoms with van der Waals surface area (Å²) in [5, 5.41) is 2.67. The highest BCUT2D eigenvalue weighted by Crippen LogP contribution is 2.11. The Kier molecular flexibility index (Phi) is 4.81. The van der Waals surface area contributed by atoms with Gasteiger partial charge < -0.3 is 10.2 Å². The van der Waals surface area contributed by atoms with Gasteiger partial charge in [0.25, 0.3) is 5.91 Å². The van der Waals surface area contributed by atoms with Crippen LogP contribution in [0, 0.1) is 5.82 Å². The van der Waals surface area contributed by atoms with E-state index in [-0.39, 0.29) is 17.4 Å². The van der Waals surface area contributed by atoms with E-state index in [1.165, 1.54) is 24.3 Å². The molecule has 1 heterocycles. The van der Waals surface area contributed by atoms with Crippen molar-refractivity contribution in [3.8, 4) is 0 Å². The van der Waals surface area contributed by atoms with Crippen molar-refractivity contribution in [3.05, 3.63) is 48.0 Å². The van der Waals surface area contributed by atoms with Crippen LogP contribution in [0.1, 0.15) is 24.3 Å². The van der Waals surface area contributed by atoms with Gasteiger partial charge in [-0.15, -0.1) is 0 Å². The van der Waals surface area contributed by atoms with Gasteiger partial charge in [-0.2, -0.15) is 0 Å². The molecule has 0 spiro atoms. The van der Waals surface area contributed by atoms with Gasteiger partial charge in [-0.25, -0.2) is 14.4 Å². The van der Waals surface area contributed by atoms with E-state index >= 15 is 0 Å². The van der Waals surface area contributed by atoms with Crippen molar-refractivity contribution < 1.29 is 9.18 Å². The molecular formula is C15H17FN4O. The highest BCUT2D eigenvalue weighted by atomic mass is 19.1. The van der Waals surface area contributed by atoms with Crippen molar-refractivity contribution in [2.45, 2.75) is 13.8 Å². The second kappa shape index (κ2) is 6.78. The van der Waals surface area contributed by atoms with Crippen molar-refractivity contribution in [3.63, 3.8) is 0 Å². The fraction of sp³-hybridized carbons (Fsp3) is 0.267. The molecule has 1 aromatic carbocycles. The normalized spacial score (nSPS) is 10.2. The van der Waals surface area contributed by atoms with Crippen molar-refractivity contribution >= 4 is 17.5 Å². The number of halogens is 1. The zero-order valence-corrected chi connectivity index (χ0v) is 12.0. The Balaban J connectivity index is 2.15. The first-order chi connectivity index (χ1) is 10.1. The molecule has 0 unspecified atom stereocenters. The van der Waals surface area contributed by atoms with Gasteiger partial charge in [0.2, 0.25) is 5.95 Å². The Morgan fingerprint density at radius 1 is 1.19 bits per heavy atom. The number of rotatable bonds is 5. The van der Waals surface area contributed by atoms with Crippen molar-refractivity contribution in [2.24, 2.45) is 0 Å². The lowest BCUT2D eigenvalue weighted by molar-refractivity contribution is 0.102. The second-order valence-electron chi connectivity index (χ2n) is 4.38. The molecule has 0 aliphatic heterocycles. The maximum absolute atomic E-state index is 12.8. The third kappa shape index (κ3) is 3.75. The predicted molar refractivity (Wildman–Crippen MR) is 79.9 cm³/mol. The van der Waals surface area contributed by atoms with E-state index in [4.69, 9.17) is 0 Å². The molecule has 0 radical (unpaired) electrons. The van der Waals surface area contributed by atoms with Gasteiger partial charge in [-0.3, -0.25) is 4.79 Å². The van der Waals surface area contributed by atoms with Gasteiger partial charge >= 0.3 is 0 Å². The molecule has 0 bridgehead atoms. The number of anilines is 2. The number of hydrogen-bond acceptors (Lipinski definition) is 4. The average Bonchev–Trinajstić information content (AvgIpc) is 2.51. The summed E-state index contributed by atoms with van der Waals surface area (Å²) >= 11 is 0. The Morgan fingerprint density at radius 2 is 1.86 bits per heavy atom. The largest absolute Gasteiger partial charge is 0.341 e. The number of benzene rings is 1. The molecule has 0 atom stereocenters. The Bertz CT molecular complexity index is 611. The third-order valence-electron chi connectivity index (χ3n) is 3.02. The lowest BCUT2D eigenvalue weighted by Gasteiger charge is -2.18. The van der Waals surface area contributed by atoms with E-state index in [1.807, 2.05) is 18.7 Å². The Hall–Kier alpha value is -2.50. The number of amides is 1. The molecular weight excluding hydrogens is 271 g/mol. The molecule has 110 valence electrons. The number of carbonyl (C=O) groups is 1. The number of carbonyl (C=O) groups excluding carboxylic acids is 1. The molecule has 1 N–H and O–H groups in total. The number of aromatic nitrogens is 2. The van der Waals surface area contributed by atoms with Crippen molar-refractivity contribution in [1.82, 2.24) is 9.97 Å². The van der Waals surface area contributed by atoms with Crippen LogP contribution in [0.5, 0.6) is 0 Å². The number of nitrogens with zero attached hydrogens (tertiary/aromatic N) is 3. The summed E-state index contributed by atoms with van der Waals surface area (Å²) in [7, 11) is 0. The maximum Gasteiger partial charge on any atom is 0.274 e. The molecule has 2 aromatic rings. The van der Waals surface area contributed by atoms with E-state index in [1.54, 1.807) is 12.3 Å². The lowest BCUT2D eigenvalue weighted by Crippen LogP contribution is -2.25. The molecule has 0 aliphatic carbocycles. The molecule has 0 fully saturated rings. The van der Waals surface area contributed by atoms with Gasteiger partial charge in [0.15, 0.2) is 0 Å². The SMILES string of the molecule is CCN(CC)c1nccc(C(=O)Nc2ccc(F)cc2)n1. The zero-order valence-electron chi connectivity index (χ0n) is 12.0. The van der Waals surface area contributed by atoms with Crippen LogP contribution in [-0.2, 0) is 0 Å². The molecule has 1 amide bonds. The summed E-state index contributed by atoms with van der Waals surface area (Å²) in [5.74, 6) is -0.178. The van der Waals surface area contributed by atoms with E-state index in [0.29, 0.717) is 11.6 Å². The molecule has 5 nitrogen and oxygen atoms in total. The lowest BCUT2D eigenvalue weighted by atomic mass is 10.3. The van der Waals surface area contributed by atoms with Gasteiger partial charge in [-0.05, 0) is 44.2 Å². The van der Waals surface area contributed by atoms with Crippen LogP contribution in [0.2, 0.25) is 0 Å². The van der Waals surface area contributed by atoms with Crippen LogP contribution in [0.3, 0.4) is 0 Å². The monoisotopic (exact) mass is 288 g/mol. The first-order valence-electron chi connectivity index (χ1n) is 6.79. The summed E-state index contributed by atoms with van der Waals surface area (Å²) in [6.45, 7) is 5.52. The van der Waals surface area contributed by atoms with Crippen LogP contribution in [0.4, 0.5) is 16.0 Å². The number of hydrogen-bond donors (Lipinski definition) is 1. The maximum atomic E-state index is 12.8. The minimum absolute atomic E-state index is 0.274. The highest BCUT2D eigenvalue weighted by molar-refractivity contribution is 6.02. The van der Waals surface area contributed by atoms with Gasteiger partial charge in [0.05, 0.1) is 0 Å². The fourth-order valence-electron chi connectivity index (χ4n) is 1.86. The van der Waals surface area contributed by atoms with Gasteiger partial charge in [0, 0.05) is 25.0 Å². The van der Waals surface area contributed by atoms with Crippen LogP contribution >= 0.6 is 0 Å². The first kappa shape index (κ1) is 14.9. The fourth-order valence-corrected chi connectivity index (χ4v) is 1.86.